The summed E-state index contributed by atoms with van der Waals surface area (Å²) in [4.78, 5) is 11.8. The molecule has 1 N–H and O–H groups in total. The number of carbonyl (C=O) groups excluding carboxylic acids is 1. The van der Waals surface area contributed by atoms with Gasteiger partial charge in [0.25, 0.3) is 0 Å². The maximum Gasteiger partial charge on any atom is 0.188 e. The predicted octanol–water partition coefficient (Wildman–Crippen LogP) is 5.48. The molecular weight excluding hydrogens is 420 g/mol. The molecule has 0 radical (unpaired) electrons. The predicted molar refractivity (Wildman–Crippen MR) is 130 cm³/mol. The molecule has 0 bridgehead atoms. The molecule has 0 amide bonds. The van der Waals surface area contributed by atoms with Crippen LogP contribution in [0.2, 0.25) is 0 Å². The maximum atomic E-state index is 11.8. The molecule has 186 valence electrons. The second-order valence-electron chi connectivity index (χ2n) is 10.0. The van der Waals surface area contributed by atoms with Crippen LogP contribution in [0.3, 0.4) is 0 Å². The molecule has 6 nitrogen and oxygen atoms in total. The van der Waals surface area contributed by atoms with Crippen molar-refractivity contribution >= 4 is 6.29 Å². The molecule has 6 heteroatoms. The van der Waals surface area contributed by atoms with Crippen LogP contribution in [0, 0.1) is 24.2 Å². The molecule has 0 aromatic heterocycles. The lowest BCUT2D eigenvalue weighted by Crippen LogP contribution is -2.34. The first-order valence-electron chi connectivity index (χ1n) is 11.9. The zero-order chi connectivity index (χ0) is 24.6. The van der Waals surface area contributed by atoms with Crippen LogP contribution in [0.4, 0.5) is 0 Å². The largest absolute Gasteiger partial charge is 0.467 e. The Bertz CT molecular complexity index is 800. The first kappa shape index (κ1) is 27.4. The third-order valence-corrected chi connectivity index (χ3v) is 7.18. The van der Waals surface area contributed by atoms with Gasteiger partial charge in [0.05, 0.1) is 11.7 Å². The third kappa shape index (κ3) is 7.05. The molecule has 3 atom stereocenters. The molecular formula is C27H42O6. The Balaban J connectivity index is 2.23. The van der Waals surface area contributed by atoms with E-state index in [0.717, 1.165) is 24.7 Å². The monoisotopic (exact) mass is 462 g/mol. The van der Waals surface area contributed by atoms with Gasteiger partial charge in [-0.2, -0.15) is 0 Å². The minimum absolute atomic E-state index is 0.0211. The standard InChI is InChI=1S/C27H42O6/c1-18-9-8-12-27(4,5)23(18)11-10-19(2)24(29)14-21-25(32-16-30-6)13-20(3)22(15-28)26(21)33-17-31-7/h13,15,18,23-24,29H,2,8-12,14,16-17H2,1,3-7H3. The average Bonchev–Trinajstić information content (AvgIpc) is 2.76. The van der Waals surface area contributed by atoms with E-state index < -0.39 is 6.10 Å². The van der Waals surface area contributed by atoms with Crippen LogP contribution in [0.25, 0.3) is 0 Å². The summed E-state index contributed by atoms with van der Waals surface area (Å²) in [6, 6.07) is 1.78. The topological polar surface area (TPSA) is 74.2 Å². The number of rotatable bonds is 13. The van der Waals surface area contributed by atoms with Gasteiger partial charge in [0.2, 0.25) is 0 Å². The Labute approximate surface area is 199 Å². The molecule has 1 fully saturated rings. The summed E-state index contributed by atoms with van der Waals surface area (Å²) in [6.07, 6.45) is 5.76. The number of aryl methyl sites for hydroxylation is 1. The van der Waals surface area contributed by atoms with E-state index in [1.54, 1.807) is 13.2 Å². The van der Waals surface area contributed by atoms with Crippen molar-refractivity contribution in [3.63, 3.8) is 0 Å². The second kappa shape index (κ2) is 12.5. The molecule has 1 aliphatic rings. The van der Waals surface area contributed by atoms with Crippen LogP contribution < -0.4 is 9.47 Å². The van der Waals surface area contributed by atoms with Gasteiger partial charge >= 0.3 is 0 Å². The lowest BCUT2D eigenvalue weighted by Gasteiger charge is -2.43. The van der Waals surface area contributed by atoms with Crippen molar-refractivity contribution in [2.45, 2.75) is 72.3 Å². The van der Waals surface area contributed by atoms with Crippen LogP contribution in [-0.2, 0) is 15.9 Å². The molecule has 3 unspecified atom stereocenters. The van der Waals surface area contributed by atoms with Crippen molar-refractivity contribution in [3.05, 3.63) is 34.9 Å². The number of aldehydes is 1. The molecule has 2 rings (SSSR count). The Kier molecular flexibility index (Phi) is 10.4. The van der Waals surface area contributed by atoms with Gasteiger partial charge < -0.3 is 24.1 Å². The smallest absolute Gasteiger partial charge is 0.188 e. The summed E-state index contributed by atoms with van der Waals surface area (Å²) in [6.45, 7) is 13.1. The minimum Gasteiger partial charge on any atom is -0.467 e. The van der Waals surface area contributed by atoms with E-state index in [2.05, 4.69) is 27.4 Å². The number of hydrogen-bond acceptors (Lipinski definition) is 6. The molecule has 33 heavy (non-hydrogen) atoms. The van der Waals surface area contributed by atoms with Crippen molar-refractivity contribution in [2.75, 3.05) is 27.8 Å². The summed E-state index contributed by atoms with van der Waals surface area (Å²) in [7, 11) is 3.06. The van der Waals surface area contributed by atoms with Gasteiger partial charge in [-0.1, -0.05) is 40.2 Å². The fourth-order valence-electron chi connectivity index (χ4n) is 5.25. The molecule has 1 saturated carbocycles. The Morgan fingerprint density at radius 3 is 2.55 bits per heavy atom. The highest BCUT2D eigenvalue weighted by atomic mass is 16.7. The molecule has 0 spiro atoms. The van der Waals surface area contributed by atoms with Gasteiger partial charge in [0.15, 0.2) is 19.9 Å². The Hall–Kier alpha value is -1.89. The number of aliphatic hydroxyl groups excluding tert-OH is 1. The summed E-state index contributed by atoms with van der Waals surface area (Å²) < 4.78 is 21.7. The van der Waals surface area contributed by atoms with Gasteiger partial charge in [0.1, 0.15) is 11.5 Å². The van der Waals surface area contributed by atoms with Crippen molar-refractivity contribution in [3.8, 4) is 11.5 Å². The summed E-state index contributed by atoms with van der Waals surface area (Å²) in [5, 5.41) is 11.1. The van der Waals surface area contributed by atoms with Gasteiger partial charge in [0, 0.05) is 26.2 Å². The third-order valence-electron chi connectivity index (χ3n) is 7.18. The highest BCUT2D eigenvalue weighted by Gasteiger charge is 2.36. The fourth-order valence-corrected chi connectivity index (χ4v) is 5.25. The second-order valence-corrected chi connectivity index (χ2v) is 10.0. The van der Waals surface area contributed by atoms with E-state index in [1.807, 2.05) is 6.92 Å². The summed E-state index contributed by atoms with van der Waals surface area (Å²) >= 11 is 0. The zero-order valence-corrected chi connectivity index (χ0v) is 21.2. The normalized spacial score (nSPS) is 20.8. The van der Waals surface area contributed by atoms with Crippen molar-refractivity contribution in [2.24, 2.45) is 17.3 Å². The number of hydrogen-bond donors (Lipinski definition) is 1. The lowest BCUT2D eigenvalue weighted by atomic mass is 9.62. The van der Waals surface area contributed by atoms with Crippen molar-refractivity contribution in [1.29, 1.82) is 0 Å². The Morgan fingerprint density at radius 2 is 1.94 bits per heavy atom. The van der Waals surface area contributed by atoms with Gasteiger partial charge in [-0.25, -0.2) is 0 Å². The highest BCUT2D eigenvalue weighted by molar-refractivity contribution is 5.83. The van der Waals surface area contributed by atoms with E-state index in [9.17, 15) is 9.90 Å². The first-order valence-corrected chi connectivity index (χ1v) is 11.9. The van der Waals surface area contributed by atoms with Gasteiger partial charge in [-0.15, -0.1) is 0 Å². The molecule has 0 heterocycles. The molecule has 1 aliphatic carbocycles. The van der Waals surface area contributed by atoms with E-state index in [1.165, 1.54) is 26.4 Å². The van der Waals surface area contributed by atoms with E-state index in [0.29, 0.717) is 45.4 Å². The number of methoxy groups -OCH3 is 2. The van der Waals surface area contributed by atoms with Crippen LogP contribution in [0.1, 0.15) is 74.4 Å². The highest BCUT2D eigenvalue weighted by Crippen LogP contribution is 2.46. The van der Waals surface area contributed by atoms with E-state index in [-0.39, 0.29) is 20.0 Å². The first-order chi connectivity index (χ1) is 15.7. The number of aliphatic hydroxyl groups is 1. The molecule has 1 aromatic rings. The number of benzene rings is 1. The summed E-state index contributed by atoms with van der Waals surface area (Å²) in [5.74, 6) is 2.17. The van der Waals surface area contributed by atoms with Gasteiger partial charge in [-0.3, -0.25) is 4.79 Å². The summed E-state index contributed by atoms with van der Waals surface area (Å²) in [5.41, 5.74) is 2.83. The van der Waals surface area contributed by atoms with Crippen LogP contribution in [-0.4, -0.2) is 45.3 Å². The van der Waals surface area contributed by atoms with E-state index in [4.69, 9.17) is 18.9 Å². The molecule has 1 aromatic carbocycles. The lowest BCUT2D eigenvalue weighted by molar-refractivity contribution is 0.0434. The van der Waals surface area contributed by atoms with Gasteiger partial charge in [-0.05, 0) is 60.6 Å². The average molecular weight is 463 g/mol. The zero-order valence-electron chi connectivity index (χ0n) is 21.2. The quantitative estimate of drug-likeness (QED) is 0.238. The van der Waals surface area contributed by atoms with Crippen LogP contribution in [0.15, 0.2) is 18.2 Å². The number of carbonyl (C=O) groups is 1. The molecule has 0 saturated heterocycles. The minimum atomic E-state index is -0.788. The van der Waals surface area contributed by atoms with Crippen molar-refractivity contribution in [1.82, 2.24) is 0 Å². The van der Waals surface area contributed by atoms with Crippen LogP contribution in [0.5, 0.6) is 11.5 Å². The molecule has 0 aliphatic heterocycles. The number of ether oxygens (including phenoxy) is 4. The maximum absolute atomic E-state index is 11.8. The van der Waals surface area contributed by atoms with E-state index >= 15 is 0 Å². The SMILES string of the molecule is C=C(CCC1C(C)CCCC1(C)C)C(O)Cc1c(OCOC)cc(C)c(C=O)c1OCOC. The van der Waals surface area contributed by atoms with Crippen LogP contribution >= 0.6 is 0 Å². The Morgan fingerprint density at radius 1 is 1.27 bits per heavy atom. The van der Waals surface area contributed by atoms with Crippen molar-refractivity contribution < 1.29 is 28.8 Å². The fraction of sp³-hybridized carbons (Fsp3) is 0.667.